The van der Waals surface area contributed by atoms with E-state index in [-0.39, 0.29) is 11.0 Å². The molecule has 0 N–H and O–H groups in total. The van der Waals surface area contributed by atoms with Gasteiger partial charge in [-0.05, 0) is 30.2 Å². The van der Waals surface area contributed by atoms with Gasteiger partial charge in [0, 0.05) is 31.7 Å². The van der Waals surface area contributed by atoms with Gasteiger partial charge in [0.1, 0.15) is 0 Å². The van der Waals surface area contributed by atoms with Gasteiger partial charge in [-0.2, -0.15) is 18.3 Å². The monoisotopic (exact) mass is 404 g/mol. The number of aromatic nitrogens is 3. The third-order valence-electron chi connectivity index (χ3n) is 5.03. The Bertz CT molecular complexity index is 993. The highest BCUT2D eigenvalue weighted by molar-refractivity contribution is 5.82. The molecule has 0 bridgehead atoms. The molecule has 0 radical (unpaired) electrons. The van der Waals surface area contributed by atoms with Crippen LogP contribution in [0.25, 0.3) is 22.3 Å². The molecule has 8 heteroatoms. The van der Waals surface area contributed by atoms with Gasteiger partial charge in [-0.3, -0.25) is 4.90 Å². The number of alkyl halides is 3. The average molecular weight is 404 g/mol. The lowest BCUT2D eigenvalue weighted by atomic mass is 10.1. The van der Waals surface area contributed by atoms with Gasteiger partial charge in [0.2, 0.25) is 0 Å². The molecule has 0 aliphatic carbocycles. The van der Waals surface area contributed by atoms with Crippen LogP contribution >= 0.6 is 0 Å². The molecule has 1 aliphatic heterocycles. The number of hydrogen-bond donors (Lipinski definition) is 0. The lowest BCUT2D eigenvalue weighted by Gasteiger charge is -2.26. The molecule has 1 saturated heterocycles. The molecular weight excluding hydrogens is 381 g/mol. The first kappa shape index (κ1) is 19.8. The molecule has 0 unspecified atom stereocenters. The van der Waals surface area contributed by atoms with Crippen LogP contribution in [0.4, 0.5) is 13.2 Å². The fraction of sp³-hybridized carbons (Fsp3) is 0.429. The number of benzene rings is 1. The van der Waals surface area contributed by atoms with Crippen molar-refractivity contribution in [1.29, 1.82) is 0 Å². The van der Waals surface area contributed by atoms with Crippen molar-refractivity contribution >= 4 is 11.0 Å². The van der Waals surface area contributed by atoms with Gasteiger partial charge in [0.05, 0.1) is 24.3 Å². The van der Waals surface area contributed by atoms with Crippen LogP contribution in [0.3, 0.4) is 0 Å². The first-order valence-electron chi connectivity index (χ1n) is 9.80. The summed E-state index contributed by atoms with van der Waals surface area (Å²) in [7, 11) is 0. The van der Waals surface area contributed by atoms with Crippen LogP contribution in [-0.4, -0.2) is 46.0 Å². The Balaban J connectivity index is 1.69. The van der Waals surface area contributed by atoms with Crippen LogP contribution in [0, 0.1) is 0 Å². The fourth-order valence-electron chi connectivity index (χ4n) is 3.64. The van der Waals surface area contributed by atoms with E-state index in [1.165, 1.54) is 10.7 Å². The van der Waals surface area contributed by atoms with Crippen molar-refractivity contribution in [2.45, 2.75) is 32.6 Å². The SMILES string of the molecule is CCCn1nc(C(F)(F)F)c2ccc(-c3cccc(CN4CCOCC4)c3)nc21. The van der Waals surface area contributed by atoms with Crippen LogP contribution in [0.2, 0.25) is 0 Å². The number of morpholine rings is 1. The molecule has 0 spiro atoms. The Labute approximate surface area is 167 Å². The van der Waals surface area contributed by atoms with Gasteiger partial charge in [0.15, 0.2) is 11.3 Å². The van der Waals surface area contributed by atoms with Crippen molar-refractivity contribution in [2.75, 3.05) is 26.3 Å². The highest BCUT2D eigenvalue weighted by atomic mass is 19.4. The number of nitrogens with zero attached hydrogens (tertiary/aromatic N) is 4. The summed E-state index contributed by atoms with van der Waals surface area (Å²) in [6.45, 7) is 6.36. The van der Waals surface area contributed by atoms with E-state index < -0.39 is 11.9 Å². The van der Waals surface area contributed by atoms with Crippen LogP contribution in [-0.2, 0) is 24.0 Å². The van der Waals surface area contributed by atoms with Gasteiger partial charge >= 0.3 is 6.18 Å². The van der Waals surface area contributed by atoms with Gasteiger partial charge in [-0.25, -0.2) is 9.67 Å². The number of pyridine rings is 1. The average Bonchev–Trinajstić information content (AvgIpc) is 3.08. The number of aryl methyl sites for hydroxylation is 1. The first-order valence-corrected chi connectivity index (χ1v) is 9.80. The van der Waals surface area contributed by atoms with Crippen molar-refractivity contribution in [1.82, 2.24) is 19.7 Å². The van der Waals surface area contributed by atoms with E-state index in [4.69, 9.17) is 4.74 Å². The number of fused-ring (bicyclic) bond motifs is 1. The lowest BCUT2D eigenvalue weighted by molar-refractivity contribution is -0.140. The first-order chi connectivity index (χ1) is 14.0. The second-order valence-electron chi connectivity index (χ2n) is 7.23. The molecule has 1 fully saturated rings. The van der Waals surface area contributed by atoms with Crippen LogP contribution in [0.1, 0.15) is 24.6 Å². The molecule has 2 aromatic heterocycles. The molecule has 5 nitrogen and oxygen atoms in total. The maximum absolute atomic E-state index is 13.4. The summed E-state index contributed by atoms with van der Waals surface area (Å²) in [6.07, 6.45) is -3.83. The largest absolute Gasteiger partial charge is 0.435 e. The van der Waals surface area contributed by atoms with Gasteiger partial charge < -0.3 is 4.74 Å². The minimum atomic E-state index is -4.50. The molecule has 3 heterocycles. The molecule has 3 aromatic rings. The maximum atomic E-state index is 13.4. The summed E-state index contributed by atoms with van der Waals surface area (Å²) in [4.78, 5) is 6.88. The Morgan fingerprint density at radius 2 is 1.90 bits per heavy atom. The predicted molar refractivity (Wildman–Crippen MR) is 104 cm³/mol. The van der Waals surface area contributed by atoms with E-state index in [1.807, 2.05) is 19.1 Å². The summed E-state index contributed by atoms with van der Waals surface area (Å²) < 4.78 is 46.8. The van der Waals surface area contributed by atoms with Crippen molar-refractivity contribution in [3.8, 4) is 11.3 Å². The number of halogens is 3. The van der Waals surface area contributed by atoms with Crippen molar-refractivity contribution in [2.24, 2.45) is 0 Å². The van der Waals surface area contributed by atoms with Gasteiger partial charge in [0.25, 0.3) is 0 Å². The second kappa shape index (κ2) is 8.12. The quantitative estimate of drug-likeness (QED) is 0.634. The smallest absolute Gasteiger partial charge is 0.379 e. The van der Waals surface area contributed by atoms with Crippen LogP contribution in [0.5, 0.6) is 0 Å². The van der Waals surface area contributed by atoms with Gasteiger partial charge in [-0.15, -0.1) is 0 Å². The number of hydrogen-bond acceptors (Lipinski definition) is 4. The summed E-state index contributed by atoms with van der Waals surface area (Å²) in [5.74, 6) is 0. The predicted octanol–water partition coefficient (Wildman–Crippen LogP) is 4.36. The molecule has 0 saturated carbocycles. The van der Waals surface area contributed by atoms with E-state index in [0.717, 1.165) is 44.0 Å². The highest BCUT2D eigenvalue weighted by Gasteiger charge is 2.37. The number of ether oxygens (including phenoxy) is 1. The third-order valence-corrected chi connectivity index (χ3v) is 5.03. The van der Waals surface area contributed by atoms with Crippen molar-refractivity contribution < 1.29 is 17.9 Å². The van der Waals surface area contributed by atoms with E-state index >= 15 is 0 Å². The second-order valence-corrected chi connectivity index (χ2v) is 7.23. The molecule has 0 atom stereocenters. The minimum Gasteiger partial charge on any atom is -0.379 e. The zero-order valence-corrected chi connectivity index (χ0v) is 16.2. The Morgan fingerprint density at radius 3 is 2.62 bits per heavy atom. The summed E-state index contributed by atoms with van der Waals surface area (Å²) in [5.41, 5.74) is 2.07. The maximum Gasteiger partial charge on any atom is 0.435 e. The normalized spacial score (nSPS) is 15.9. The molecular formula is C21H23F3N4O. The minimum absolute atomic E-state index is 0.0409. The zero-order chi connectivity index (χ0) is 20.4. The fourth-order valence-corrected chi connectivity index (χ4v) is 3.64. The highest BCUT2D eigenvalue weighted by Crippen LogP contribution is 2.34. The summed E-state index contributed by atoms with van der Waals surface area (Å²) >= 11 is 0. The summed E-state index contributed by atoms with van der Waals surface area (Å²) in [6, 6.07) is 11.1. The molecule has 1 aromatic carbocycles. The van der Waals surface area contributed by atoms with Crippen LogP contribution in [0.15, 0.2) is 36.4 Å². The molecule has 4 rings (SSSR count). The topological polar surface area (TPSA) is 43.2 Å². The van der Waals surface area contributed by atoms with E-state index in [1.54, 1.807) is 6.07 Å². The van der Waals surface area contributed by atoms with Gasteiger partial charge in [-0.1, -0.05) is 25.1 Å². The van der Waals surface area contributed by atoms with Crippen molar-refractivity contribution in [3.63, 3.8) is 0 Å². The molecule has 0 amide bonds. The van der Waals surface area contributed by atoms with Crippen LogP contribution < -0.4 is 0 Å². The van der Waals surface area contributed by atoms with E-state index in [2.05, 4.69) is 27.1 Å². The molecule has 154 valence electrons. The Morgan fingerprint density at radius 1 is 1.10 bits per heavy atom. The molecule has 1 aliphatic rings. The van der Waals surface area contributed by atoms with Crippen molar-refractivity contribution in [3.05, 3.63) is 47.7 Å². The van der Waals surface area contributed by atoms with E-state index in [9.17, 15) is 13.2 Å². The number of rotatable bonds is 5. The third kappa shape index (κ3) is 4.28. The zero-order valence-electron chi connectivity index (χ0n) is 16.2. The van der Waals surface area contributed by atoms with E-state index in [0.29, 0.717) is 18.7 Å². The Kier molecular flexibility index (Phi) is 5.56. The molecule has 29 heavy (non-hydrogen) atoms. The lowest BCUT2D eigenvalue weighted by Crippen LogP contribution is -2.35. The standard InChI is InChI=1S/C21H23F3N4O/c1-2-8-28-20-17(19(26-28)21(22,23)24)6-7-18(25-20)16-5-3-4-15(13-16)14-27-9-11-29-12-10-27/h3-7,13H,2,8-12,14H2,1H3. The Hall–Kier alpha value is -2.45. The summed E-state index contributed by atoms with van der Waals surface area (Å²) in [5, 5.41) is 3.83.